The average molecular weight is 294 g/mol. The maximum Gasteiger partial charge on any atom is 0.273 e. The summed E-state index contributed by atoms with van der Waals surface area (Å²) in [5.41, 5.74) is -0.207. The third-order valence-corrected chi connectivity index (χ3v) is 2.26. The molecule has 1 aromatic rings. The zero-order valence-electron chi connectivity index (χ0n) is 11.6. The Bertz CT molecular complexity index is 589. The molecule has 0 spiro atoms. The molecule has 1 rings (SSSR count). The predicted octanol–water partition coefficient (Wildman–Crippen LogP) is 1.47. The van der Waals surface area contributed by atoms with Gasteiger partial charge >= 0.3 is 0 Å². The molecule has 0 fully saturated rings. The van der Waals surface area contributed by atoms with Crippen molar-refractivity contribution in [3.05, 3.63) is 22.2 Å². The van der Waals surface area contributed by atoms with Crippen molar-refractivity contribution in [1.82, 2.24) is 0 Å². The molecular weight excluding hydrogens is 280 g/mol. The third-order valence-electron chi connectivity index (χ3n) is 2.26. The van der Waals surface area contributed by atoms with Gasteiger partial charge in [-0.1, -0.05) is 0 Å². The highest BCUT2D eigenvalue weighted by Gasteiger charge is 2.19. The minimum atomic E-state index is -0.672. The molecule has 1 aromatic carbocycles. The fourth-order valence-corrected chi connectivity index (χ4v) is 1.62. The summed E-state index contributed by atoms with van der Waals surface area (Å²) in [6.07, 6.45) is 0. The fourth-order valence-electron chi connectivity index (χ4n) is 1.62. The predicted molar refractivity (Wildman–Crippen MR) is 76.0 cm³/mol. The lowest BCUT2D eigenvalue weighted by atomic mass is 10.2. The Labute approximate surface area is 119 Å². The summed E-state index contributed by atoms with van der Waals surface area (Å²) in [6.45, 7) is 3.67. The van der Waals surface area contributed by atoms with Crippen molar-refractivity contribution in [3.8, 4) is 0 Å². The lowest BCUT2D eigenvalue weighted by Gasteiger charge is -2.15. The quantitative estimate of drug-likeness (QED) is 0.571. The number of anilines is 3. The monoisotopic (exact) mass is 294 g/mol. The Morgan fingerprint density at radius 3 is 1.57 bits per heavy atom. The fraction of sp³-hybridized carbons (Fsp3) is 0.250. The molecule has 9 heteroatoms. The van der Waals surface area contributed by atoms with Gasteiger partial charge in [0.1, 0.15) is 0 Å². The summed E-state index contributed by atoms with van der Waals surface area (Å²) in [4.78, 5) is 43.8. The van der Waals surface area contributed by atoms with Gasteiger partial charge in [-0.05, 0) is 0 Å². The van der Waals surface area contributed by atoms with Crippen LogP contribution in [0, 0.1) is 10.1 Å². The number of benzene rings is 1. The molecule has 0 atom stereocenters. The molecule has 0 aromatic heterocycles. The molecule has 0 aliphatic heterocycles. The molecule has 0 aliphatic rings. The Morgan fingerprint density at radius 1 is 0.905 bits per heavy atom. The topological polar surface area (TPSA) is 130 Å². The van der Waals surface area contributed by atoms with Crippen molar-refractivity contribution >= 4 is 40.5 Å². The number of nitrogens with one attached hydrogen (secondary N) is 3. The van der Waals surface area contributed by atoms with Crippen LogP contribution >= 0.6 is 0 Å². The second-order valence-electron chi connectivity index (χ2n) is 4.22. The number of amides is 3. The van der Waals surface area contributed by atoms with Gasteiger partial charge in [-0.2, -0.15) is 0 Å². The van der Waals surface area contributed by atoms with E-state index in [4.69, 9.17) is 0 Å². The van der Waals surface area contributed by atoms with E-state index in [1.165, 1.54) is 20.8 Å². The first kappa shape index (κ1) is 16.1. The number of nitro groups is 1. The van der Waals surface area contributed by atoms with E-state index >= 15 is 0 Å². The minimum Gasteiger partial charge on any atom is -0.324 e. The highest BCUT2D eigenvalue weighted by molar-refractivity contribution is 6.06. The molecule has 9 nitrogen and oxygen atoms in total. The SMILES string of the molecule is CC(=O)Nc1cc([N+](=O)[O-])cc(NC(C)=O)c1NC(C)=O. The molecule has 0 saturated carbocycles. The molecule has 3 amide bonds. The second-order valence-corrected chi connectivity index (χ2v) is 4.22. The van der Waals surface area contributed by atoms with E-state index in [9.17, 15) is 24.5 Å². The van der Waals surface area contributed by atoms with E-state index < -0.39 is 22.6 Å². The van der Waals surface area contributed by atoms with E-state index in [0.717, 1.165) is 12.1 Å². The summed E-state index contributed by atoms with van der Waals surface area (Å²) < 4.78 is 0. The smallest absolute Gasteiger partial charge is 0.273 e. The van der Waals surface area contributed by atoms with Gasteiger partial charge in [0.25, 0.3) is 5.69 Å². The summed E-state index contributed by atoms with van der Waals surface area (Å²) in [5, 5.41) is 18.1. The summed E-state index contributed by atoms with van der Waals surface area (Å²) in [5.74, 6) is -1.41. The third kappa shape index (κ3) is 4.56. The van der Waals surface area contributed by atoms with Gasteiger partial charge in [0, 0.05) is 32.9 Å². The number of nitro benzene ring substituents is 1. The molecule has 0 heterocycles. The largest absolute Gasteiger partial charge is 0.324 e. The van der Waals surface area contributed by atoms with Crippen molar-refractivity contribution < 1.29 is 19.3 Å². The van der Waals surface area contributed by atoms with Crippen LogP contribution < -0.4 is 16.0 Å². The van der Waals surface area contributed by atoms with Crippen LogP contribution in [-0.2, 0) is 14.4 Å². The van der Waals surface area contributed by atoms with Crippen LogP contribution in [0.4, 0.5) is 22.7 Å². The van der Waals surface area contributed by atoms with Gasteiger partial charge in [-0.25, -0.2) is 0 Å². The van der Waals surface area contributed by atoms with Crippen LogP contribution in [0.3, 0.4) is 0 Å². The van der Waals surface area contributed by atoms with Crippen LogP contribution in [0.15, 0.2) is 12.1 Å². The number of hydrogen-bond donors (Lipinski definition) is 3. The van der Waals surface area contributed by atoms with E-state index in [2.05, 4.69) is 16.0 Å². The first-order valence-electron chi connectivity index (χ1n) is 5.86. The molecule has 0 radical (unpaired) electrons. The molecule has 0 bridgehead atoms. The van der Waals surface area contributed by atoms with E-state index in [1.807, 2.05) is 0 Å². The number of hydrogen-bond acceptors (Lipinski definition) is 5. The van der Waals surface area contributed by atoms with Crippen molar-refractivity contribution in [2.45, 2.75) is 20.8 Å². The van der Waals surface area contributed by atoms with Crippen molar-refractivity contribution in [2.24, 2.45) is 0 Å². The minimum absolute atomic E-state index is 0.0238. The molecule has 0 aliphatic carbocycles. The van der Waals surface area contributed by atoms with Gasteiger partial charge < -0.3 is 16.0 Å². The van der Waals surface area contributed by atoms with E-state index in [1.54, 1.807) is 0 Å². The summed E-state index contributed by atoms with van der Waals surface area (Å²) in [7, 11) is 0. The van der Waals surface area contributed by atoms with Crippen LogP contribution in [-0.4, -0.2) is 22.6 Å². The molecule has 21 heavy (non-hydrogen) atoms. The highest BCUT2D eigenvalue weighted by Crippen LogP contribution is 2.35. The zero-order chi connectivity index (χ0) is 16.2. The first-order chi connectivity index (χ1) is 9.70. The average Bonchev–Trinajstić information content (AvgIpc) is 2.30. The summed E-state index contributed by atoms with van der Waals surface area (Å²) in [6, 6.07) is 2.19. The zero-order valence-corrected chi connectivity index (χ0v) is 11.6. The van der Waals surface area contributed by atoms with Gasteiger partial charge in [0.05, 0.1) is 22.0 Å². The van der Waals surface area contributed by atoms with E-state index in [-0.39, 0.29) is 22.7 Å². The number of rotatable bonds is 4. The normalized spacial score (nSPS) is 9.67. The van der Waals surface area contributed by atoms with Crippen LogP contribution in [0.2, 0.25) is 0 Å². The van der Waals surface area contributed by atoms with Gasteiger partial charge in [0.2, 0.25) is 17.7 Å². The standard InChI is InChI=1S/C12H14N4O5/c1-6(17)13-10-4-9(16(20)21)5-11(14-7(2)18)12(10)15-8(3)19/h4-5H,1-3H3,(H,13,17)(H,14,18)(H,15,19). The molecule has 112 valence electrons. The lowest BCUT2D eigenvalue weighted by Crippen LogP contribution is -2.16. The maximum atomic E-state index is 11.2. The molecule has 0 saturated heterocycles. The van der Waals surface area contributed by atoms with Gasteiger partial charge in [-0.15, -0.1) is 0 Å². The second kappa shape index (κ2) is 6.46. The Hall–Kier alpha value is -2.97. The van der Waals surface area contributed by atoms with Crippen LogP contribution in [0.5, 0.6) is 0 Å². The number of nitrogens with zero attached hydrogens (tertiary/aromatic N) is 1. The van der Waals surface area contributed by atoms with Crippen molar-refractivity contribution in [1.29, 1.82) is 0 Å². The van der Waals surface area contributed by atoms with Crippen molar-refractivity contribution in [2.75, 3.05) is 16.0 Å². The summed E-state index contributed by atoms with van der Waals surface area (Å²) >= 11 is 0. The number of carbonyl (C=O) groups is 3. The van der Waals surface area contributed by atoms with Crippen LogP contribution in [0.25, 0.3) is 0 Å². The Kier molecular flexibility index (Phi) is 4.95. The number of non-ortho nitro benzene ring substituents is 1. The molecule has 3 N–H and O–H groups in total. The molecular formula is C12H14N4O5. The Balaban J connectivity index is 3.50. The van der Waals surface area contributed by atoms with Crippen LogP contribution in [0.1, 0.15) is 20.8 Å². The molecule has 0 unspecified atom stereocenters. The lowest BCUT2D eigenvalue weighted by molar-refractivity contribution is -0.384. The van der Waals surface area contributed by atoms with Gasteiger partial charge in [-0.3, -0.25) is 24.5 Å². The van der Waals surface area contributed by atoms with Gasteiger partial charge in [0.15, 0.2) is 0 Å². The van der Waals surface area contributed by atoms with E-state index in [0.29, 0.717) is 0 Å². The van der Waals surface area contributed by atoms with Crippen molar-refractivity contribution in [3.63, 3.8) is 0 Å². The maximum absolute atomic E-state index is 11.2. The highest BCUT2D eigenvalue weighted by atomic mass is 16.6. The number of carbonyl (C=O) groups excluding carboxylic acids is 3. The Morgan fingerprint density at radius 2 is 1.29 bits per heavy atom. The first-order valence-corrected chi connectivity index (χ1v) is 5.86.